The summed E-state index contributed by atoms with van der Waals surface area (Å²) in [5.41, 5.74) is 0. The number of imide groups is 1. The molecular weight excluding hydrogens is 268 g/mol. The molecule has 110 valence electrons. The number of amides is 3. The van der Waals surface area contributed by atoms with Crippen molar-refractivity contribution in [2.75, 3.05) is 13.2 Å². The summed E-state index contributed by atoms with van der Waals surface area (Å²) in [6.45, 7) is 1.20. The molecule has 9 nitrogen and oxygen atoms in total. The number of carbonyl (C=O) groups excluding carboxylic acids is 2. The number of nitrogens with zero attached hydrogens (tertiary/aromatic N) is 2. The second kappa shape index (κ2) is 7.89. The van der Waals surface area contributed by atoms with E-state index in [4.69, 9.17) is 5.11 Å². The fourth-order valence-electron chi connectivity index (χ4n) is 1.41. The van der Waals surface area contributed by atoms with Crippen molar-refractivity contribution >= 4 is 17.9 Å². The molecule has 0 aliphatic heterocycles. The number of imidazole rings is 1. The van der Waals surface area contributed by atoms with Gasteiger partial charge in [0, 0.05) is 25.0 Å². The Morgan fingerprint density at radius 1 is 1.40 bits per heavy atom. The predicted molar refractivity (Wildman–Crippen MR) is 66.8 cm³/mol. The van der Waals surface area contributed by atoms with Gasteiger partial charge in [-0.3, -0.25) is 10.1 Å². The van der Waals surface area contributed by atoms with Crippen LogP contribution in [0.15, 0.2) is 18.7 Å². The van der Waals surface area contributed by atoms with E-state index in [-0.39, 0.29) is 6.04 Å². The molecule has 0 saturated heterocycles. The zero-order chi connectivity index (χ0) is 15.0. The highest BCUT2D eigenvalue weighted by Crippen LogP contribution is 1.91. The van der Waals surface area contributed by atoms with Gasteiger partial charge < -0.3 is 19.7 Å². The summed E-state index contributed by atoms with van der Waals surface area (Å²) in [6, 6.07) is -0.876. The van der Waals surface area contributed by atoms with Crippen molar-refractivity contribution in [1.82, 2.24) is 20.2 Å². The fourth-order valence-corrected chi connectivity index (χ4v) is 1.41. The van der Waals surface area contributed by atoms with E-state index in [1.807, 2.05) is 5.32 Å². The number of rotatable bonds is 7. The minimum absolute atomic E-state index is 0.211. The summed E-state index contributed by atoms with van der Waals surface area (Å²) in [6.07, 6.45) is 4.98. The van der Waals surface area contributed by atoms with Gasteiger partial charge in [-0.25, -0.2) is 14.6 Å². The Morgan fingerprint density at radius 3 is 2.75 bits per heavy atom. The van der Waals surface area contributed by atoms with Crippen molar-refractivity contribution in [1.29, 1.82) is 0 Å². The van der Waals surface area contributed by atoms with Crippen LogP contribution in [0.3, 0.4) is 0 Å². The molecular formula is C11H16N4O5. The fraction of sp³-hybridized carbons (Fsp3) is 0.455. The lowest BCUT2D eigenvalue weighted by Gasteiger charge is -2.14. The third kappa shape index (κ3) is 6.50. The lowest BCUT2D eigenvalue weighted by atomic mass is 10.3. The number of aliphatic carboxylic acids is 1. The molecule has 9 heteroatoms. The van der Waals surface area contributed by atoms with Gasteiger partial charge in [0.15, 0.2) is 0 Å². The molecule has 0 saturated carbocycles. The summed E-state index contributed by atoms with van der Waals surface area (Å²) >= 11 is 0. The minimum atomic E-state index is -1.18. The van der Waals surface area contributed by atoms with Crippen molar-refractivity contribution in [3.8, 4) is 0 Å². The van der Waals surface area contributed by atoms with Crippen LogP contribution in [0.1, 0.15) is 6.92 Å². The Morgan fingerprint density at radius 2 is 2.15 bits per heavy atom. The molecule has 1 atom stereocenters. The molecule has 0 fully saturated rings. The molecule has 20 heavy (non-hydrogen) atoms. The Kier molecular flexibility index (Phi) is 6.17. The highest BCUT2D eigenvalue weighted by molar-refractivity contribution is 5.95. The van der Waals surface area contributed by atoms with Gasteiger partial charge in [0.2, 0.25) is 0 Å². The number of carboxylic acids is 1. The van der Waals surface area contributed by atoms with E-state index in [1.54, 1.807) is 30.2 Å². The molecule has 0 aliphatic rings. The van der Waals surface area contributed by atoms with Gasteiger partial charge in [-0.1, -0.05) is 0 Å². The normalized spacial score (nSPS) is 11.7. The Bertz CT molecular complexity index is 459. The molecule has 1 heterocycles. The quantitative estimate of drug-likeness (QED) is 0.602. The number of carbonyl (C=O) groups is 3. The van der Waals surface area contributed by atoms with Crippen LogP contribution < -0.4 is 10.6 Å². The van der Waals surface area contributed by atoms with E-state index in [2.05, 4.69) is 15.0 Å². The van der Waals surface area contributed by atoms with Crippen LogP contribution in [0.5, 0.6) is 0 Å². The van der Waals surface area contributed by atoms with Crippen molar-refractivity contribution in [3.63, 3.8) is 0 Å². The van der Waals surface area contributed by atoms with Gasteiger partial charge in [-0.15, -0.1) is 0 Å². The molecule has 3 amide bonds. The van der Waals surface area contributed by atoms with Crippen molar-refractivity contribution in [2.24, 2.45) is 0 Å². The SMILES string of the molecule is CC(Cn1ccnc1)NC(=O)NC(=O)COCC(=O)O. The lowest BCUT2D eigenvalue weighted by Crippen LogP contribution is -2.45. The molecule has 1 rings (SSSR count). The second-order valence-electron chi connectivity index (χ2n) is 4.07. The van der Waals surface area contributed by atoms with E-state index < -0.39 is 31.1 Å². The van der Waals surface area contributed by atoms with Crippen molar-refractivity contribution in [3.05, 3.63) is 18.7 Å². The molecule has 0 aliphatic carbocycles. The van der Waals surface area contributed by atoms with Crippen molar-refractivity contribution < 1.29 is 24.2 Å². The summed E-state index contributed by atoms with van der Waals surface area (Å²) in [4.78, 5) is 36.7. The van der Waals surface area contributed by atoms with Crippen LogP contribution in [0, 0.1) is 0 Å². The number of carboxylic acid groups (broad SMARTS) is 1. The zero-order valence-corrected chi connectivity index (χ0v) is 10.9. The molecule has 3 N–H and O–H groups in total. The first kappa shape index (κ1) is 15.6. The van der Waals surface area contributed by atoms with Crippen LogP contribution in [0.25, 0.3) is 0 Å². The number of urea groups is 1. The Balaban J connectivity index is 2.21. The van der Waals surface area contributed by atoms with Crippen LogP contribution in [0.4, 0.5) is 4.79 Å². The molecule has 0 spiro atoms. The number of hydrogen-bond acceptors (Lipinski definition) is 5. The number of nitrogens with one attached hydrogen (secondary N) is 2. The maximum Gasteiger partial charge on any atom is 0.329 e. The Labute approximate surface area is 114 Å². The van der Waals surface area contributed by atoms with Gasteiger partial charge in [-0.05, 0) is 6.92 Å². The molecule has 0 aromatic carbocycles. The number of aromatic nitrogens is 2. The van der Waals surface area contributed by atoms with E-state index in [1.165, 1.54) is 0 Å². The predicted octanol–water partition coefficient (Wildman–Crippen LogP) is -0.801. The maximum absolute atomic E-state index is 11.4. The molecule has 1 aromatic rings. The van der Waals surface area contributed by atoms with Crippen LogP contribution >= 0.6 is 0 Å². The standard InChI is InChI=1S/C11H16N4O5/c1-8(4-15-3-2-12-7-15)13-11(19)14-9(16)5-20-6-10(17)18/h2-3,7-8H,4-6H2,1H3,(H,17,18)(H2,13,14,16,19). The van der Waals surface area contributed by atoms with Crippen LogP contribution in [-0.2, 0) is 20.9 Å². The van der Waals surface area contributed by atoms with Crippen molar-refractivity contribution in [2.45, 2.75) is 19.5 Å². The first-order chi connectivity index (χ1) is 9.47. The average molecular weight is 284 g/mol. The maximum atomic E-state index is 11.4. The van der Waals surface area contributed by atoms with Gasteiger partial charge >= 0.3 is 12.0 Å². The first-order valence-corrected chi connectivity index (χ1v) is 5.83. The van der Waals surface area contributed by atoms with Gasteiger partial charge in [-0.2, -0.15) is 0 Å². The summed E-state index contributed by atoms with van der Waals surface area (Å²) in [5.74, 6) is -1.89. The van der Waals surface area contributed by atoms with E-state index >= 15 is 0 Å². The first-order valence-electron chi connectivity index (χ1n) is 5.83. The third-order valence-electron chi connectivity index (χ3n) is 2.13. The molecule has 1 aromatic heterocycles. The third-order valence-corrected chi connectivity index (χ3v) is 2.13. The summed E-state index contributed by atoms with van der Waals surface area (Å²) in [5, 5.41) is 12.9. The monoisotopic (exact) mass is 284 g/mol. The minimum Gasteiger partial charge on any atom is -0.480 e. The topological polar surface area (TPSA) is 123 Å². The Hall–Kier alpha value is -2.42. The average Bonchev–Trinajstić information content (AvgIpc) is 2.80. The summed E-state index contributed by atoms with van der Waals surface area (Å²) < 4.78 is 6.32. The number of hydrogen-bond donors (Lipinski definition) is 3. The highest BCUT2D eigenvalue weighted by atomic mass is 16.5. The van der Waals surface area contributed by atoms with Gasteiger partial charge in [0.25, 0.3) is 5.91 Å². The largest absolute Gasteiger partial charge is 0.480 e. The van der Waals surface area contributed by atoms with E-state index in [0.717, 1.165) is 0 Å². The second-order valence-corrected chi connectivity index (χ2v) is 4.07. The highest BCUT2D eigenvalue weighted by Gasteiger charge is 2.11. The van der Waals surface area contributed by atoms with E-state index in [0.29, 0.717) is 6.54 Å². The van der Waals surface area contributed by atoms with Crippen LogP contribution in [-0.4, -0.2) is 51.8 Å². The molecule has 0 bridgehead atoms. The van der Waals surface area contributed by atoms with Gasteiger partial charge in [0.1, 0.15) is 13.2 Å². The summed E-state index contributed by atoms with van der Waals surface area (Å²) in [7, 11) is 0. The van der Waals surface area contributed by atoms with E-state index in [9.17, 15) is 14.4 Å². The molecule has 0 radical (unpaired) electrons. The molecule has 1 unspecified atom stereocenters. The van der Waals surface area contributed by atoms with Crippen LogP contribution in [0.2, 0.25) is 0 Å². The van der Waals surface area contributed by atoms with Gasteiger partial charge in [0.05, 0.1) is 6.33 Å². The number of ether oxygens (including phenoxy) is 1. The smallest absolute Gasteiger partial charge is 0.329 e. The zero-order valence-electron chi connectivity index (χ0n) is 10.9. The lowest BCUT2D eigenvalue weighted by molar-refractivity contribution is -0.143.